The van der Waals surface area contributed by atoms with Crippen LogP contribution in [0.25, 0.3) is 11.5 Å². The first kappa shape index (κ1) is 12.9. The first-order chi connectivity index (χ1) is 9.74. The highest BCUT2D eigenvalue weighted by atomic mass is 79.9. The van der Waals surface area contributed by atoms with E-state index in [1.165, 1.54) is 0 Å². The van der Waals surface area contributed by atoms with Gasteiger partial charge >= 0.3 is 0 Å². The van der Waals surface area contributed by atoms with Crippen molar-refractivity contribution in [3.8, 4) is 11.5 Å². The zero-order valence-corrected chi connectivity index (χ0v) is 12.4. The number of aromatic amines is 1. The van der Waals surface area contributed by atoms with Crippen molar-refractivity contribution in [3.63, 3.8) is 0 Å². The van der Waals surface area contributed by atoms with Gasteiger partial charge in [0.2, 0.25) is 0 Å². The number of rotatable bonds is 4. The number of anilines is 1. The van der Waals surface area contributed by atoms with Crippen LogP contribution in [0.2, 0.25) is 0 Å². The maximum Gasteiger partial charge on any atom is 0.152 e. The molecule has 3 aromatic heterocycles. The lowest BCUT2D eigenvalue weighted by Crippen LogP contribution is -2.01. The molecule has 0 bridgehead atoms. The molecule has 0 aliphatic heterocycles. The van der Waals surface area contributed by atoms with Crippen molar-refractivity contribution >= 4 is 21.6 Å². The predicted octanol–water partition coefficient (Wildman–Crippen LogP) is 3.75. The molecule has 3 aromatic rings. The number of nitrogens with one attached hydrogen (secondary N) is 2. The van der Waals surface area contributed by atoms with Gasteiger partial charge in [0.05, 0.1) is 11.9 Å². The molecule has 0 saturated carbocycles. The Kier molecular flexibility index (Phi) is 3.56. The summed E-state index contributed by atoms with van der Waals surface area (Å²) in [6.07, 6.45) is 3.54. The van der Waals surface area contributed by atoms with E-state index >= 15 is 0 Å². The molecular weight excluding hydrogens is 320 g/mol. The van der Waals surface area contributed by atoms with E-state index in [0.717, 1.165) is 33.1 Å². The summed E-state index contributed by atoms with van der Waals surface area (Å²) in [5.74, 6) is 1.67. The van der Waals surface area contributed by atoms with Gasteiger partial charge in [-0.2, -0.15) is 5.10 Å². The molecule has 0 spiro atoms. The molecule has 0 aromatic carbocycles. The smallest absolute Gasteiger partial charge is 0.152 e. The normalized spacial score (nSPS) is 10.7. The molecule has 5 nitrogen and oxygen atoms in total. The Morgan fingerprint density at radius 3 is 3.00 bits per heavy atom. The van der Waals surface area contributed by atoms with Gasteiger partial charge in [-0.15, -0.1) is 0 Å². The summed E-state index contributed by atoms with van der Waals surface area (Å²) in [6, 6.07) is 7.73. The number of hydrogen-bond donors (Lipinski definition) is 2. The molecule has 0 atom stereocenters. The topological polar surface area (TPSA) is 66.7 Å². The molecule has 0 amide bonds. The third-order valence-electron chi connectivity index (χ3n) is 2.93. The monoisotopic (exact) mass is 332 g/mol. The molecule has 0 fully saturated rings. The summed E-state index contributed by atoms with van der Waals surface area (Å²) >= 11 is 3.41. The molecule has 6 heteroatoms. The average molecular weight is 333 g/mol. The van der Waals surface area contributed by atoms with Crippen LogP contribution in [-0.4, -0.2) is 15.2 Å². The lowest BCUT2D eigenvalue weighted by Gasteiger charge is -2.07. The van der Waals surface area contributed by atoms with Crippen molar-refractivity contribution in [3.05, 3.63) is 52.6 Å². The Hall–Kier alpha value is -2.08. The Labute approximate surface area is 124 Å². The highest BCUT2D eigenvalue weighted by molar-refractivity contribution is 9.10. The summed E-state index contributed by atoms with van der Waals surface area (Å²) in [6.45, 7) is 2.56. The molecule has 0 radical (unpaired) electrons. The van der Waals surface area contributed by atoms with E-state index in [1.807, 2.05) is 31.2 Å². The van der Waals surface area contributed by atoms with E-state index in [4.69, 9.17) is 4.42 Å². The van der Waals surface area contributed by atoms with E-state index in [-0.39, 0.29) is 0 Å². The van der Waals surface area contributed by atoms with E-state index in [9.17, 15) is 0 Å². The fraction of sp³-hybridized carbons (Fsp3) is 0.143. The number of aromatic nitrogens is 3. The predicted molar refractivity (Wildman–Crippen MR) is 80.3 cm³/mol. The highest BCUT2D eigenvalue weighted by Crippen LogP contribution is 2.25. The van der Waals surface area contributed by atoms with Crippen LogP contribution in [0.3, 0.4) is 0 Å². The van der Waals surface area contributed by atoms with Gasteiger partial charge < -0.3 is 9.73 Å². The van der Waals surface area contributed by atoms with Crippen molar-refractivity contribution in [2.45, 2.75) is 13.5 Å². The van der Waals surface area contributed by atoms with Crippen LogP contribution in [0.5, 0.6) is 0 Å². The van der Waals surface area contributed by atoms with Gasteiger partial charge in [-0.3, -0.25) is 5.10 Å². The van der Waals surface area contributed by atoms with Gasteiger partial charge in [-0.1, -0.05) is 0 Å². The number of hydrogen-bond acceptors (Lipinski definition) is 4. The Bertz CT molecular complexity index is 719. The minimum Gasteiger partial charge on any atom is -0.460 e. The number of pyridine rings is 1. The van der Waals surface area contributed by atoms with E-state index < -0.39 is 0 Å². The van der Waals surface area contributed by atoms with Gasteiger partial charge in [0.1, 0.15) is 16.1 Å². The number of nitrogens with zero attached hydrogens (tertiary/aromatic N) is 2. The van der Waals surface area contributed by atoms with Crippen molar-refractivity contribution in [2.75, 3.05) is 5.32 Å². The molecule has 0 aliphatic carbocycles. The molecule has 20 heavy (non-hydrogen) atoms. The van der Waals surface area contributed by atoms with Crippen LogP contribution >= 0.6 is 15.9 Å². The fourth-order valence-corrected chi connectivity index (χ4v) is 2.33. The van der Waals surface area contributed by atoms with E-state index in [2.05, 4.69) is 36.4 Å². The zero-order valence-electron chi connectivity index (χ0n) is 10.9. The maximum absolute atomic E-state index is 5.62. The molecule has 3 rings (SSSR count). The first-order valence-electron chi connectivity index (χ1n) is 6.17. The van der Waals surface area contributed by atoms with Crippen LogP contribution in [0.4, 0.5) is 5.69 Å². The summed E-state index contributed by atoms with van der Waals surface area (Å²) in [5, 5.41) is 10.4. The third kappa shape index (κ3) is 2.60. The van der Waals surface area contributed by atoms with Crippen LogP contribution in [0.1, 0.15) is 11.3 Å². The Balaban J connectivity index is 1.79. The van der Waals surface area contributed by atoms with Crippen LogP contribution in [0, 0.1) is 6.92 Å². The van der Waals surface area contributed by atoms with Crippen LogP contribution < -0.4 is 5.32 Å². The summed E-state index contributed by atoms with van der Waals surface area (Å²) < 4.78 is 6.41. The minimum atomic E-state index is 0.635. The second-order valence-corrected chi connectivity index (χ2v) is 5.13. The van der Waals surface area contributed by atoms with E-state index in [0.29, 0.717) is 6.54 Å². The molecule has 102 valence electrons. The summed E-state index contributed by atoms with van der Waals surface area (Å²) in [7, 11) is 0. The van der Waals surface area contributed by atoms with Crippen LogP contribution in [-0.2, 0) is 6.54 Å². The number of H-pyrrole nitrogens is 1. The largest absolute Gasteiger partial charge is 0.460 e. The fourth-order valence-electron chi connectivity index (χ4n) is 1.94. The Morgan fingerprint density at radius 1 is 1.35 bits per heavy atom. The lowest BCUT2D eigenvalue weighted by atomic mass is 10.2. The van der Waals surface area contributed by atoms with Crippen molar-refractivity contribution < 1.29 is 4.42 Å². The zero-order chi connectivity index (χ0) is 13.9. The second-order valence-electron chi connectivity index (χ2n) is 4.38. The van der Waals surface area contributed by atoms with Gasteiger partial charge in [0.15, 0.2) is 5.76 Å². The lowest BCUT2D eigenvalue weighted by molar-refractivity contribution is 0.545. The second kappa shape index (κ2) is 5.50. The van der Waals surface area contributed by atoms with Crippen LogP contribution in [0.15, 0.2) is 45.7 Å². The SMILES string of the molecule is Cc1ccc(-c2[nH]ncc2CNc2cccnc2Br)o1. The van der Waals surface area contributed by atoms with Crippen molar-refractivity contribution in [1.82, 2.24) is 15.2 Å². The average Bonchev–Trinajstić information content (AvgIpc) is 3.06. The van der Waals surface area contributed by atoms with Crippen molar-refractivity contribution in [2.24, 2.45) is 0 Å². The third-order valence-corrected chi connectivity index (χ3v) is 3.56. The van der Waals surface area contributed by atoms with Gasteiger partial charge in [0.25, 0.3) is 0 Å². The molecule has 2 N–H and O–H groups in total. The highest BCUT2D eigenvalue weighted by Gasteiger charge is 2.11. The van der Waals surface area contributed by atoms with Crippen molar-refractivity contribution in [1.29, 1.82) is 0 Å². The first-order valence-corrected chi connectivity index (χ1v) is 6.97. The van der Waals surface area contributed by atoms with Gasteiger partial charge in [-0.05, 0) is 47.1 Å². The number of aryl methyl sites for hydroxylation is 1. The van der Waals surface area contributed by atoms with Gasteiger partial charge in [0, 0.05) is 18.3 Å². The molecule has 3 heterocycles. The standard InChI is InChI=1S/C14H13BrN4O/c1-9-4-5-12(20-9)13-10(8-18-19-13)7-17-11-3-2-6-16-14(11)15/h2-6,8,17H,7H2,1H3,(H,18,19). The number of halogens is 1. The quantitative estimate of drug-likeness (QED) is 0.714. The van der Waals surface area contributed by atoms with E-state index in [1.54, 1.807) is 12.4 Å². The number of furan rings is 1. The minimum absolute atomic E-state index is 0.635. The maximum atomic E-state index is 5.62. The molecule has 0 saturated heterocycles. The van der Waals surface area contributed by atoms with Gasteiger partial charge in [-0.25, -0.2) is 4.98 Å². The molecule has 0 aliphatic rings. The summed E-state index contributed by atoms with van der Waals surface area (Å²) in [5.41, 5.74) is 2.87. The molecule has 0 unspecified atom stereocenters. The molecular formula is C14H13BrN4O. The Morgan fingerprint density at radius 2 is 2.25 bits per heavy atom. The summed E-state index contributed by atoms with van der Waals surface area (Å²) in [4.78, 5) is 4.18.